The fraction of sp³-hybridized carbons (Fsp3) is 0.406. The van der Waals surface area contributed by atoms with Gasteiger partial charge in [-0.1, -0.05) is 94.5 Å². The van der Waals surface area contributed by atoms with Crippen molar-refractivity contribution in [3.05, 3.63) is 72.8 Å². The average Bonchev–Trinajstić information content (AvgIpc) is 2.91. The van der Waals surface area contributed by atoms with Crippen LogP contribution in [0, 0.1) is 5.92 Å². The van der Waals surface area contributed by atoms with E-state index in [0.717, 1.165) is 46.8 Å². The molecule has 3 aromatic rings. The van der Waals surface area contributed by atoms with Gasteiger partial charge in [0.2, 0.25) is 0 Å². The monoisotopic (exact) mass is 488 g/mol. The molecule has 4 heteroatoms. The van der Waals surface area contributed by atoms with Gasteiger partial charge in [0.1, 0.15) is 11.5 Å². The molecule has 3 aromatic carbocycles. The molecule has 0 aliphatic rings. The van der Waals surface area contributed by atoms with Gasteiger partial charge >= 0.3 is 5.97 Å². The molecule has 192 valence electrons. The normalized spacial score (nSPS) is 11.7. The Kier molecular flexibility index (Phi) is 11.4. The van der Waals surface area contributed by atoms with Gasteiger partial charge in [0, 0.05) is 6.42 Å². The summed E-state index contributed by atoms with van der Waals surface area (Å²) in [5.74, 6) is 1.08. The Bertz CT molecular complexity index is 1040. The van der Waals surface area contributed by atoms with Crippen molar-refractivity contribution in [2.24, 2.45) is 5.92 Å². The highest BCUT2D eigenvalue weighted by Crippen LogP contribution is 2.36. The summed E-state index contributed by atoms with van der Waals surface area (Å²) < 4.78 is 12.0. The van der Waals surface area contributed by atoms with Crippen LogP contribution in [0.1, 0.15) is 65.2 Å². The summed E-state index contributed by atoms with van der Waals surface area (Å²) in [6, 6.07) is 24.8. The molecule has 0 aromatic heterocycles. The van der Waals surface area contributed by atoms with E-state index in [1.807, 2.05) is 43.3 Å². The van der Waals surface area contributed by atoms with E-state index in [1.165, 1.54) is 32.1 Å². The Hall–Kier alpha value is -3.27. The van der Waals surface area contributed by atoms with Gasteiger partial charge in [-0.05, 0) is 65.3 Å². The number of carbonyl (C=O) groups is 1. The lowest BCUT2D eigenvalue weighted by Crippen LogP contribution is -2.10. The van der Waals surface area contributed by atoms with Crippen LogP contribution in [0.3, 0.4) is 0 Å². The molecule has 1 unspecified atom stereocenters. The largest absolute Gasteiger partial charge is 0.494 e. The van der Waals surface area contributed by atoms with Crippen molar-refractivity contribution in [1.29, 1.82) is 0 Å². The number of hydrogen-bond donors (Lipinski definition) is 1. The molecule has 0 spiro atoms. The molecule has 0 amide bonds. The molecule has 0 heterocycles. The first-order chi connectivity index (χ1) is 17.6. The zero-order valence-electron chi connectivity index (χ0n) is 21.7. The lowest BCUT2D eigenvalue weighted by molar-refractivity contribution is -0.137. The lowest BCUT2D eigenvalue weighted by atomic mass is 9.94. The number of carboxylic acids is 1. The summed E-state index contributed by atoms with van der Waals surface area (Å²) in [6.45, 7) is 5.50. The van der Waals surface area contributed by atoms with Crippen molar-refractivity contribution in [2.75, 3.05) is 13.2 Å². The predicted molar refractivity (Wildman–Crippen MR) is 148 cm³/mol. The number of benzene rings is 3. The maximum atomic E-state index is 10.8. The first-order valence-electron chi connectivity index (χ1n) is 13.3. The fourth-order valence-electron chi connectivity index (χ4n) is 4.22. The highest BCUT2D eigenvalue weighted by molar-refractivity contribution is 5.84. The summed E-state index contributed by atoms with van der Waals surface area (Å²) in [5.41, 5.74) is 4.49. The molecular formula is C32H40O4. The summed E-state index contributed by atoms with van der Waals surface area (Å²) in [6.07, 6.45) is 8.28. The molecule has 0 aliphatic heterocycles. The second-order valence-electron chi connectivity index (χ2n) is 9.56. The molecule has 0 saturated carbocycles. The van der Waals surface area contributed by atoms with Crippen molar-refractivity contribution in [1.82, 2.24) is 0 Å². The van der Waals surface area contributed by atoms with E-state index in [0.29, 0.717) is 13.0 Å². The number of unbranched alkanes of at least 4 members (excludes halogenated alkanes) is 5. The second kappa shape index (κ2) is 15.0. The molecular weight excluding hydrogens is 448 g/mol. The third-order valence-electron chi connectivity index (χ3n) is 6.39. The minimum absolute atomic E-state index is 0.163. The van der Waals surface area contributed by atoms with Crippen LogP contribution >= 0.6 is 0 Å². The molecule has 1 atom stereocenters. The van der Waals surface area contributed by atoms with Gasteiger partial charge in [-0.25, -0.2) is 0 Å². The Labute approximate surface area is 216 Å². The number of carboxylic acid groups (broad SMARTS) is 1. The zero-order valence-corrected chi connectivity index (χ0v) is 21.7. The third kappa shape index (κ3) is 9.07. The fourth-order valence-corrected chi connectivity index (χ4v) is 4.22. The predicted octanol–water partition coefficient (Wildman–Crippen LogP) is 8.64. The first-order valence-corrected chi connectivity index (χ1v) is 13.3. The Morgan fingerprint density at radius 3 is 2.17 bits per heavy atom. The highest BCUT2D eigenvalue weighted by atomic mass is 16.5. The van der Waals surface area contributed by atoms with Crippen molar-refractivity contribution in [3.8, 4) is 33.8 Å². The second-order valence-corrected chi connectivity index (χ2v) is 9.56. The van der Waals surface area contributed by atoms with Crippen LogP contribution in [-0.2, 0) is 4.79 Å². The van der Waals surface area contributed by atoms with Crippen LogP contribution in [0.4, 0.5) is 0 Å². The SMILES string of the molecule is CCCCCCCCOc1ccc(-c2cc(OCC(C)CCC(=O)O)ccc2-c2ccccc2)cc1. The number of hydrogen-bond acceptors (Lipinski definition) is 3. The molecule has 3 rings (SSSR count). The summed E-state index contributed by atoms with van der Waals surface area (Å²) >= 11 is 0. The van der Waals surface area contributed by atoms with E-state index in [4.69, 9.17) is 14.6 Å². The number of rotatable bonds is 16. The van der Waals surface area contributed by atoms with Gasteiger partial charge in [-0.3, -0.25) is 4.79 Å². The first kappa shape index (κ1) is 27.3. The van der Waals surface area contributed by atoms with Crippen molar-refractivity contribution >= 4 is 5.97 Å². The zero-order chi connectivity index (χ0) is 25.6. The lowest BCUT2D eigenvalue weighted by Gasteiger charge is -2.16. The molecule has 0 radical (unpaired) electrons. The van der Waals surface area contributed by atoms with Crippen LogP contribution < -0.4 is 9.47 Å². The van der Waals surface area contributed by atoms with E-state index in [9.17, 15) is 4.79 Å². The standard InChI is InChI=1S/C32H40O4/c1-3-4-5-6-7-11-22-35-28-17-15-27(16-18-28)31-23-29(36-24-25(2)14-21-32(33)34)19-20-30(31)26-12-9-8-10-13-26/h8-10,12-13,15-20,23,25H,3-7,11,14,21-22,24H2,1-2H3,(H,33,34). The van der Waals surface area contributed by atoms with E-state index < -0.39 is 5.97 Å². The topological polar surface area (TPSA) is 55.8 Å². The minimum atomic E-state index is -0.768. The van der Waals surface area contributed by atoms with Crippen LogP contribution in [0.25, 0.3) is 22.3 Å². The van der Waals surface area contributed by atoms with Crippen LogP contribution in [-0.4, -0.2) is 24.3 Å². The summed E-state index contributed by atoms with van der Waals surface area (Å²) in [7, 11) is 0. The molecule has 0 saturated heterocycles. The minimum Gasteiger partial charge on any atom is -0.494 e. The Morgan fingerprint density at radius 1 is 0.778 bits per heavy atom. The van der Waals surface area contributed by atoms with Gasteiger partial charge in [0.05, 0.1) is 13.2 Å². The molecule has 0 bridgehead atoms. The van der Waals surface area contributed by atoms with E-state index in [2.05, 4.69) is 43.3 Å². The smallest absolute Gasteiger partial charge is 0.303 e. The van der Waals surface area contributed by atoms with Gasteiger partial charge in [-0.15, -0.1) is 0 Å². The average molecular weight is 489 g/mol. The molecule has 1 N–H and O–H groups in total. The molecule has 36 heavy (non-hydrogen) atoms. The third-order valence-corrected chi connectivity index (χ3v) is 6.39. The van der Waals surface area contributed by atoms with Gasteiger partial charge < -0.3 is 14.6 Å². The molecule has 0 aliphatic carbocycles. The molecule has 4 nitrogen and oxygen atoms in total. The van der Waals surface area contributed by atoms with Crippen LogP contribution in [0.2, 0.25) is 0 Å². The maximum absolute atomic E-state index is 10.8. The van der Waals surface area contributed by atoms with Gasteiger partial charge in [0.25, 0.3) is 0 Å². The number of aliphatic carboxylic acids is 1. The van der Waals surface area contributed by atoms with Crippen LogP contribution in [0.5, 0.6) is 11.5 Å². The van der Waals surface area contributed by atoms with E-state index in [-0.39, 0.29) is 12.3 Å². The molecule has 0 fully saturated rings. The van der Waals surface area contributed by atoms with Crippen molar-refractivity contribution < 1.29 is 19.4 Å². The van der Waals surface area contributed by atoms with E-state index in [1.54, 1.807) is 0 Å². The Morgan fingerprint density at radius 2 is 1.44 bits per heavy atom. The quantitative estimate of drug-likeness (QED) is 0.205. The summed E-state index contributed by atoms with van der Waals surface area (Å²) in [4.78, 5) is 10.8. The van der Waals surface area contributed by atoms with Crippen LogP contribution in [0.15, 0.2) is 72.8 Å². The maximum Gasteiger partial charge on any atom is 0.303 e. The summed E-state index contributed by atoms with van der Waals surface area (Å²) in [5, 5.41) is 8.92. The number of ether oxygens (including phenoxy) is 2. The van der Waals surface area contributed by atoms with Crippen molar-refractivity contribution in [3.63, 3.8) is 0 Å². The van der Waals surface area contributed by atoms with Gasteiger partial charge in [-0.2, -0.15) is 0 Å². The van der Waals surface area contributed by atoms with Crippen molar-refractivity contribution in [2.45, 2.75) is 65.2 Å². The highest BCUT2D eigenvalue weighted by Gasteiger charge is 2.12. The van der Waals surface area contributed by atoms with Gasteiger partial charge in [0.15, 0.2) is 0 Å². The van der Waals surface area contributed by atoms with E-state index >= 15 is 0 Å². The Balaban J connectivity index is 1.69.